The van der Waals surface area contributed by atoms with E-state index >= 15 is 0 Å². The Kier molecular flexibility index (Phi) is 6.49. The SMILES string of the molecule is CCCOCC1CN(CC(=O)NC2(CC#N)CC2)C(=O)c2cc(-c3ccc(Cl)cc3)nn21. The average molecular weight is 456 g/mol. The molecular weight excluding hydrogens is 430 g/mol. The summed E-state index contributed by atoms with van der Waals surface area (Å²) in [7, 11) is 0. The molecule has 1 saturated carbocycles. The van der Waals surface area contributed by atoms with Crippen molar-refractivity contribution in [3.63, 3.8) is 0 Å². The molecule has 1 unspecified atom stereocenters. The van der Waals surface area contributed by atoms with E-state index in [1.165, 1.54) is 0 Å². The van der Waals surface area contributed by atoms with Gasteiger partial charge < -0.3 is 15.0 Å². The van der Waals surface area contributed by atoms with Crippen LogP contribution in [0, 0.1) is 11.3 Å². The number of nitrogens with zero attached hydrogens (tertiary/aromatic N) is 4. The second-order valence-electron chi connectivity index (χ2n) is 8.44. The van der Waals surface area contributed by atoms with Crippen LogP contribution in [0.2, 0.25) is 5.02 Å². The summed E-state index contributed by atoms with van der Waals surface area (Å²) >= 11 is 6.00. The van der Waals surface area contributed by atoms with Crippen molar-refractivity contribution < 1.29 is 14.3 Å². The van der Waals surface area contributed by atoms with Crippen LogP contribution in [0.1, 0.15) is 49.1 Å². The highest BCUT2D eigenvalue weighted by atomic mass is 35.5. The molecule has 1 aliphatic heterocycles. The lowest BCUT2D eigenvalue weighted by Gasteiger charge is -2.33. The summed E-state index contributed by atoms with van der Waals surface area (Å²) < 4.78 is 7.48. The van der Waals surface area contributed by atoms with Gasteiger partial charge in [0.15, 0.2) is 0 Å². The highest BCUT2D eigenvalue weighted by Crippen LogP contribution is 2.38. The van der Waals surface area contributed by atoms with Gasteiger partial charge in [-0.15, -0.1) is 0 Å². The Labute approximate surface area is 192 Å². The first-order valence-corrected chi connectivity index (χ1v) is 11.2. The van der Waals surface area contributed by atoms with Crippen LogP contribution in [0.5, 0.6) is 0 Å². The maximum atomic E-state index is 13.2. The first-order chi connectivity index (χ1) is 15.4. The summed E-state index contributed by atoms with van der Waals surface area (Å²) in [4.78, 5) is 27.4. The second kappa shape index (κ2) is 9.31. The van der Waals surface area contributed by atoms with Crippen molar-refractivity contribution in [1.29, 1.82) is 5.26 Å². The molecular formula is C23H26ClN5O3. The highest BCUT2D eigenvalue weighted by molar-refractivity contribution is 6.30. The number of carbonyl (C=O) groups excluding carboxylic acids is 2. The van der Waals surface area contributed by atoms with Crippen LogP contribution in [-0.2, 0) is 9.53 Å². The van der Waals surface area contributed by atoms with E-state index in [0.29, 0.717) is 36.2 Å². The van der Waals surface area contributed by atoms with Gasteiger partial charge in [0.05, 0.1) is 42.9 Å². The molecule has 9 heteroatoms. The number of ether oxygens (including phenoxy) is 1. The molecule has 1 aliphatic carbocycles. The number of hydrogen-bond donors (Lipinski definition) is 1. The third kappa shape index (κ3) is 4.79. The third-order valence-corrected chi connectivity index (χ3v) is 6.08. The summed E-state index contributed by atoms with van der Waals surface area (Å²) in [6.07, 6.45) is 2.77. The van der Waals surface area contributed by atoms with Crippen LogP contribution in [-0.4, -0.2) is 58.3 Å². The van der Waals surface area contributed by atoms with Gasteiger partial charge >= 0.3 is 0 Å². The van der Waals surface area contributed by atoms with E-state index in [0.717, 1.165) is 24.8 Å². The number of rotatable bonds is 9. The quantitative estimate of drug-likeness (QED) is 0.585. The molecule has 0 saturated heterocycles. The maximum absolute atomic E-state index is 13.2. The van der Waals surface area contributed by atoms with Crippen molar-refractivity contribution in [3.05, 3.63) is 41.0 Å². The zero-order valence-electron chi connectivity index (χ0n) is 18.0. The third-order valence-electron chi connectivity index (χ3n) is 5.83. The normalized spacial score (nSPS) is 18.7. The first kappa shape index (κ1) is 22.3. The number of fused-ring (bicyclic) bond motifs is 1. The first-order valence-electron chi connectivity index (χ1n) is 10.8. The molecule has 2 aromatic rings. The number of halogens is 1. The molecule has 2 heterocycles. The molecule has 0 radical (unpaired) electrons. The van der Waals surface area contributed by atoms with Crippen molar-refractivity contribution in [2.45, 2.75) is 44.2 Å². The highest BCUT2D eigenvalue weighted by Gasteiger charge is 2.44. The van der Waals surface area contributed by atoms with E-state index in [4.69, 9.17) is 21.6 Å². The predicted octanol–water partition coefficient (Wildman–Crippen LogP) is 3.19. The average Bonchev–Trinajstić information content (AvgIpc) is 3.36. The maximum Gasteiger partial charge on any atom is 0.272 e. The lowest BCUT2D eigenvalue weighted by molar-refractivity contribution is -0.123. The minimum atomic E-state index is -0.419. The number of amides is 2. The number of benzene rings is 1. The lowest BCUT2D eigenvalue weighted by atomic mass is 10.1. The van der Waals surface area contributed by atoms with Gasteiger partial charge in [-0.05, 0) is 37.5 Å². The molecule has 2 aliphatic rings. The van der Waals surface area contributed by atoms with Crippen LogP contribution in [0.4, 0.5) is 0 Å². The van der Waals surface area contributed by atoms with Crippen molar-refractivity contribution in [3.8, 4) is 17.3 Å². The van der Waals surface area contributed by atoms with Crippen molar-refractivity contribution in [2.24, 2.45) is 0 Å². The summed E-state index contributed by atoms with van der Waals surface area (Å²) in [5.74, 6) is -0.491. The summed E-state index contributed by atoms with van der Waals surface area (Å²) in [6.45, 7) is 3.32. The van der Waals surface area contributed by atoms with E-state index in [-0.39, 0.29) is 30.8 Å². The van der Waals surface area contributed by atoms with Gasteiger partial charge in [-0.1, -0.05) is 30.7 Å². The molecule has 168 valence electrons. The predicted molar refractivity (Wildman–Crippen MR) is 119 cm³/mol. The van der Waals surface area contributed by atoms with Crippen LogP contribution in [0.3, 0.4) is 0 Å². The van der Waals surface area contributed by atoms with E-state index in [9.17, 15) is 9.59 Å². The molecule has 1 atom stereocenters. The van der Waals surface area contributed by atoms with Crippen LogP contribution in [0.15, 0.2) is 30.3 Å². The Balaban J connectivity index is 1.55. The topological polar surface area (TPSA) is 100 Å². The summed E-state index contributed by atoms with van der Waals surface area (Å²) in [5, 5.41) is 17.2. The molecule has 0 bridgehead atoms. The Bertz CT molecular complexity index is 1040. The number of nitrogens with one attached hydrogen (secondary N) is 1. The van der Waals surface area contributed by atoms with E-state index < -0.39 is 5.54 Å². The second-order valence-corrected chi connectivity index (χ2v) is 8.88. The van der Waals surface area contributed by atoms with Gasteiger partial charge in [-0.3, -0.25) is 14.3 Å². The Morgan fingerprint density at radius 3 is 2.78 bits per heavy atom. The van der Waals surface area contributed by atoms with Crippen molar-refractivity contribution >= 4 is 23.4 Å². The zero-order chi connectivity index (χ0) is 22.7. The van der Waals surface area contributed by atoms with Gasteiger partial charge in [0.25, 0.3) is 5.91 Å². The smallest absolute Gasteiger partial charge is 0.272 e. The minimum absolute atomic E-state index is 0.0578. The molecule has 8 nitrogen and oxygen atoms in total. The standard InChI is InChI=1S/C23H26ClN5O3/c1-2-11-32-15-18-13-28(14-21(30)26-23(7-8-23)9-10-25)22(31)20-12-19(27-29(18)20)16-3-5-17(24)6-4-16/h3-6,12,18H,2,7-9,11,13-15H2,1H3,(H,26,30). The fraction of sp³-hybridized carbons (Fsp3) is 0.478. The van der Waals surface area contributed by atoms with Crippen LogP contribution in [0.25, 0.3) is 11.3 Å². The Morgan fingerprint density at radius 1 is 1.38 bits per heavy atom. The molecule has 32 heavy (non-hydrogen) atoms. The molecule has 0 spiro atoms. The van der Waals surface area contributed by atoms with Crippen LogP contribution >= 0.6 is 11.6 Å². The number of carbonyl (C=O) groups is 2. The number of hydrogen-bond acceptors (Lipinski definition) is 5. The minimum Gasteiger partial charge on any atom is -0.379 e. The molecule has 2 amide bonds. The summed E-state index contributed by atoms with van der Waals surface area (Å²) in [5.41, 5.74) is 1.53. The van der Waals surface area contributed by atoms with Gasteiger partial charge in [-0.2, -0.15) is 10.4 Å². The van der Waals surface area contributed by atoms with E-state index in [1.54, 1.807) is 27.8 Å². The number of aromatic nitrogens is 2. The zero-order valence-corrected chi connectivity index (χ0v) is 18.8. The molecule has 4 rings (SSSR count). The van der Waals surface area contributed by atoms with Gasteiger partial charge in [0, 0.05) is 23.7 Å². The Hall–Kier alpha value is -2.89. The van der Waals surface area contributed by atoms with Gasteiger partial charge in [0.2, 0.25) is 5.91 Å². The largest absolute Gasteiger partial charge is 0.379 e. The van der Waals surface area contributed by atoms with Gasteiger partial charge in [0.1, 0.15) is 5.69 Å². The molecule has 1 N–H and O–H groups in total. The fourth-order valence-electron chi connectivity index (χ4n) is 3.95. The monoisotopic (exact) mass is 455 g/mol. The van der Waals surface area contributed by atoms with Crippen molar-refractivity contribution in [2.75, 3.05) is 26.3 Å². The summed E-state index contributed by atoms with van der Waals surface area (Å²) in [6, 6.07) is 11.0. The van der Waals surface area contributed by atoms with Crippen molar-refractivity contribution in [1.82, 2.24) is 20.0 Å². The van der Waals surface area contributed by atoms with Gasteiger partial charge in [-0.25, -0.2) is 0 Å². The lowest BCUT2D eigenvalue weighted by Crippen LogP contribution is -2.50. The Morgan fingerprint density at radius 2 is 2.12 bits per heavy atom. The fourth-order valence-corrected chi connectivity index (χ4v) is 4.08. The number of nitriles is 1. The molecule has 1 aromatic heterocycles. The van der Waals surface area contributed by atoms with E-state index in [1.807, 2.05) is 19.1 Å². The van der Waals surface area contributed by atoms with Crippen LogP contribution < -0.4 is 5.32 Å². The molecule has 1 fully saturated rings. The molecule has 1 aromatic carbocycles. The van der Waals surface area contributed by atoms with E-state index in [2.05, 4.69) is 16.5 Å².